The van der Waals surface area contributed by atoms with Crippen molar-refractivity contribution in [1.29, 1.82) is 0 Å². The van der Waals surface area contributed by atoms with E-state index in [0.717, 1.165) is 15.4 Å². The molecule has 8 heteroatoms. The predicted octanol–water partition coefficient (Wildman–Crippen LogP) is 8.08. The average Bonchev–Trinajstić information content (AvgIpc) is 3.12. The lowest BCUT2D eigenvalue weighted by Crippen LogP contribution is -2.32. The van der Waals surface area contributed by atoms with Crippen molar-refractivity contribution in [3.8, 4) is 11.5 Å². The number of amides is 2. The highest BCUT2D eigenvalue weighted by Crippen LogP contribution is 2.39. The standard InChI is InChI=1S/C29H20Cl2N2O3S/c1-18-17-20(31)9-16-25(18)32-26-27(37-24-14-7-19(30)8-15-24)29(35)33(28(26)34)21-10-12-23(13-11-21)36-22-5-3-2-4-6-22/h2-17,32H,1H3. The van der Waals surface area contributed by atoms with Crippen molar-refractivity contribution in [3.63, 3.8) is 0 Å². The molecule has 0 fully saturated rings. The van der Waals surface area contributed by atoms with Gasteiger partial charge in [-0.25, -0.2) is 4.90 Å². The zero-order valence-corrected chi connectivity index (χ0v) is 21.9. The van der Waals surface area contributed by atoms with E-state index in [2.05, 4.69) is 5.32 Å². The number of ether oxygens (including phenoxy) is 1. The Morgan fingerprint density at radius 3 is 2.08 bits per heavy atom. The molecule has 2 amide bonds. The Balaban J connectivity index is 1.46. The Hall–Kier alpha value is -3.71. The molecule has 0 bridgehead atoms. The molecule has 0 unspecified atom stereocenters. The number of anilines is 2. The molecular weight excluding hydrogens is 527 g/mol. The van der Waals surface area contributed by atoms with Crippen LogP contribution in [0, 0.1) is 6.92 Å². The molecule has 0 spiro atoms. The van der Waals surface area contributed by atoms with E-state index in [1.165, 1.54) is 11.8 Å². The van der Waals surface area contributed by atoms with Crippen molar-refractivity contribution in [2.45, 2.75) is 11.8 Å². The highest BCUT2D eigenvalue weighted by atomic mass is 35.5. The van der Waals surface area contributed by atoms with Gasteiger partial charge in [0.2, 0.25) is 0 Å². The van der Waals surface area contributed by atoms with Crippen molar-refractivity contribution >= 4 is 58.2 Å². The van der Waals surface area contributed by atoms with Gasteiger partial charge in [-0.15, -0.1) is 0 Å². The second kappa shape index (κ2) is 10.7. The molecule has 1 heterocycles. The topological polar surface area (TPSA) is 58.6 Å². The summed E-state index contributed by atoms with van der Waals surface area (Å²) in [4.78, 5) is 29.5. The molecule has 184 valence electrons. The van der Waals surface area contributed by atoms with E-state index in [1.54, 1.807) is 66.7 Å². The minimum absolute atomic E-state index is 0.194. The number of aryl methyl sites for hydroxylation is 1. The Morgan fingerprint density at radius 2 is 1.41 bits per heavy atom. The number of halogens is 2. The van der Waals surface area contributed by atoms with E-state index < -0.39 is 11.8 Å². The summed E-state index contributed by atoms with van der Waals surface area (Å²) >= 11 is 13.3. The summed E-state index contributed by atoms with van der Waals surface area (Å²) in [7, 11) is 0. The quantitative estimate of drug-likeness (QED) is 0.237. The van der Waals surface area contributed by atoms with E-state index in [4.69, 9.17) is 27.9 Å². The Morgan fingerprint density at radius 1 is 0.757 bits per heavy atom. The minimum Gasteiger partial charge on any atom is -0.457 e. The first kappa shape index (κ1) is 25.0. The fraction of sp³-hybridized carbons (Fsp3) is 0.0345. The van der Waals surface area contributed by atoms with Crippen LogP contribution >= 0.6 is 35.0 Å². The predicted molar refractivity (Wildman–Crippen MR) is 150 cm³/mol. The van der Waals surface area contributed by atoms with Gasteiger partial charge >= 0.3 is 0 Å². The molecule has 1 aliphatic rings. The Kier molecular flexibility index (Phi) is 7.24. The highest BCUT2D eigenvalue weighted by molar-refractivity contribution is 8.04. The first-order valence-corrected chi connectivity index (χ1v) is 12.9. The summed E-state index contributed by atoms with van der Waals surface area (Å²) < 4.78 is 5.85. The molecule has 0 atom stereocenters. The first-order valence-electron chi connectivity index (χ1n) is 11.3. The normalized spacial score (nSPS) is 13.3. The molecule has 5 nitrogen and oxygen atoms in total. The SMILES string of the molecule is Cc1cc(Cl)ccc1NC1=C(Sc2ccc(Cl)cc2)C(=O)N(c2ccc(Oc3ccccc3)cc2)C1=O. The molecule has 0 aliphatic carbocycles. The van der Waals surface area contributed by atoms with Crippen molar-refractivity contribution < 1.29 is 14.3 Å². The number of benzene rings is 4. The highest BCUT2D eigenvalue weighted by Gasteiger charge is 2.40. The van der Waals surface area contributed by atoms with Crippen LogP contribution in [0.1, 0.15) is 5.56 Å². The molecular formula is C29H20Cl2N2O3S. The molecule has 1 aliphatic heterocycles. The summed E-state index contributed by atoms with van der Waals surface area (Å²) in [6, 6.07) is 28.6. The number of carbonyl (C=O) groups excluding carboxylic acids is 2. The molecule has 0 saturated carbocycles. The summed E-state index contributed by atoms with van der Waals surface area (Å²) in [6.07, 6.45) is 0. The van der Waals surface area contributed by atoms with Gasteiger partial charge < -0.3 is 10.1 Å². The van der Waals surface area contributed by atoms with Crippen LogP contribution in [0.5, 0.6) is 11.5 Å². The van der Waals surface area contributed by atoms with E-state index in [-0.39, 0.29) is 10.6 Å². The molecule has 0 radical (unpaired) electrons. The Bertz CT molecular complexity index is 1500. The fourth-order valence-corrected chi connectivity index (χ4v) is 5.04. The van der Waals surface area contributed by atoms with Gasteiger partial charge in [0.15, 0.2) is 0 Å². The molecule has 1 N–H and O–H groups in total. The third-order valence-corrected chi connectivity index (χ3v) is 7.17. The zero-order chi connectivity index (χ0) is 25.9. The summed E-state index contributed by atoms with van der Waals surface area (Å²) in [5.41, 5.74) is 2.16. The van der Waals surface area contributed by atoms with Gasteiger partial charge in [0, 0.05) is 20.6 Å². The van der Waals surface area contributed by atoms with E-state index in [9.17, 15) is 9.59 Å². The smallest absolute Gasteiger partial charge is 0.283 e. The van der Waals surface area contributed by atoms with Crippen LogP contribution in [0.3, 0.4) is 0 Å². The van der Waals surface area contributed by atoms with E-state index in [0.29, 0.717) is 32.9 Å². The van der Waals surface area contributed by atoms with Crippen LogP contribution in [0.15, 0.2) is 113 Å². The van der Waals surface area contributed by atoms with Crippen LogP contribution in [-0.2, 0) is 9.59 Å². The fourth-order valence-electron chi connectivity index (χ4n) is 3.76. The van der Waals surface area contributed by atoms with Crippen molar-refractivity contribution in [2.75, 3.05) is 10.2 Å². The van der Waals surface area contributed by atoms with Crippen LogP contribution in [0.2, 0.25) is 10.0 Å². The molecule has 4 aromatic carbocycles. The minimum atomic E-state index is -0.451. The van der Waals surface area contributed by atoms with E-state index >= 15 is 0 Å². The van der Waals surface area contributed by atoms with Gasteiger partial charge in [0.05, 0.1) is 5.69 Å². The maximum Gasteiger partial charge on any atom is 0.283 e. The van der Waals surface area contributed by atoms with Gasteiger partial charge in [-0.05, 0) is 91.3 Å². The largest absolute Gasteiger partial charge is 0.457 e. The first-order chi connectivity index (χ1) is 17.9. The maximum atomic E-state index is 13.6. The van der Waals surface area contributed by atoms with Gasteiger partial charge in [-0.3, -0.25) is 9.59 Å². The number of carbonyl (C=O) groups is 2. The number of nitrogens with zero attached hydrogens (tertiary/aromatic N) is 1. The van der Waals surface area contributed by atoms with Crippen molar-refractivity contribution in [2.24, 2.45) is 0 Å². The lowest BCUT2D eigenvalue weighted by Gasteiger charge is -2.16. The number of nitrogens with one attached hydrogen (secondary N) is 1. The molecule has 0 saturated heterocycles. The molecule has 4 aromatic rings. The van der Waals surface area contributed by atoms with Crippen molar-refractivity contribution in [3.05, 3.63) is 123 Å². The van der Waals surface area contributed by atoms with Gasteiger partial charge in [-0.2, -0.15) is 0 Å². The number of rotatable bonds is 7. The summed E-state index contributed by atoms with van der Waals surface area (Å²) in [6.45, 7) is 1.88. The number of thioether (sulfide) groups is 1. The molecule has 37 heavy (non-hydrogen) atoms. The zero-order valence-electron chi connectivity index (χ0n) is 19.6. The Labute approximate surface area is 228 Å². The number of para-hydroxylation sites is 1. The third-order valence-electron chi connectivity index (χ3n) is 5.60. The van der Waals surface area contributed by atoms with Crippen LogP contribution in [0.25, 0.3) is 0 Å². The number of hydrogen-bond donors (Lipinski definition) is 1. The average molecular weight is 547 g/mol. The molecule has 0 aromatic heterocycles. The van der Waals surface area contributed by atoms with Crippen LogP contribution < -0.4 is 15.0 Å². The van der Waals surface area contributed by atoms with Crippen molar-refractivity contribution in [1.82, 2.24) is 0 Å². The lowest BCUT2D eigenvalue weighted by molar-refractivity contribution is -0.120. The maximum absolute atomic E-state index is 13.6. The lowest BCUT2D eigenvalue weighted by atomic mass is 10.2. The third kappa shape index (κ3) is 5.52. The van der Waals surface area contributed by atoms with Gasteiger partial charge in [0.25, 0.3) is 11.8 Å². The summed E-state index contributed by atoms with van der Waals surface area (Å²) in [5.74, 6) is 0.410. The summed E-state index contributed by atoms with van der Waals surface area (Å²) in [5, 5.41) is 4.35. The van der Waals surface area contributed by atoms with Crippen LogP contribution in [-0.4, -0.2) is 11.8 Å². The second-order valence-electron chi connectivity index (χ2n) is 8.20. The van der Waals surface area contributed by atoms with Gasteiger partial charge in [0.1, 0.15) is 22.1 Å². The van der Waals surface area contributed by atoms with Gasteiger partial charge in [-0.1, -0.05) is 53.2 Å². The number of hydrogen-bond acceptors (Lipinski definition) is 5. The number of imide groups is 1. The van der Waals surface area contributed by atoms with E-state index in [1.807, 2.05) is 37.3 Å². The molecule has 5 rings (SSSR count). The second-order valence-corrected chi connectivity index (χ2v) is 10.2. The van der Waals surface area contributed by atoms with Crippen LogP contribution in [0.4, 0.5) is 11.4 Å². The monoisotopic (exact) mass is 546 g/mol.